The van der Waals surface area contributed by atoms with Gasteiger partial charge in [0.1, 0.15) is 0 Å². The molecule has 0 radical (unpaired) electrons. The first kappa shape index (κ1) is 10.9. The molecule has 0 unspecified atom stereocenters. The molecular formula is C10H13NO2S. The van der Waals surface area contributed by atoms with E-state index in [2.05, 4.69) is 17.4 Å². The number of carbonyl (C=O) groups excluding carboxylic acids is 1. The highest BCUT2D eigenvalue weighted by atomic mass is 32.1. The van der Waals surface area contributed by atoms with E-state index in [0.29, 0.717) is 18.5 Å². The third-order valence-corrected chi connectivity index (χ3v) is 2.33. The Kier molecular flexibility index (Phi) is 3.83. The molecule has 1 aromatic rings. The Hall–Kier alpha value is -1.16. The third-order valence-electron chi connectivity index (χ3n) is 1.94. The van der Waals surface area contributed by atoms with Gasteiger partial charge in [-0.1, -0.05) is 6.07 Å². The molecule has 0 fully saturated rings. The summed E-state index contributed by atoms with van der Waals surface area (Å²) in [7, 11) is 1.38. The number of aryl methyl sites for hydroxylation is 1. The molecule has 4 heteroatoms. The van der Waals surface area contributed by atoms with E-state index in [9.17, 15) is 4.79 Å². The Morgan fingerprint density at radius 3 is 2.86 bits per heavy atom. The predicted octanol–water partition coefficient (Wildman–Crippen LogP) is 1.66. The number of ether oxygens (including phenoxy) is 1. The van der Waals surface area contributed by atoms with Crippen molar-refractivity contribution in [1.82, 2.24) is 0 Å². The minimum Gasteiger partial charge on any atom is -0.469 e. The number of hydrogen-bond donors (Lipinski definition) is 2. The maximum absolute atomic E-state index is 10.9. The van der Waals surface area contributed by atoms with Crippen molar-refractivity contribution in [1.29, 1.82) is 0 Å². The van der Waals surface area contributed by atoms with E-state index in [1.807, 2.05) is 12.1 Å². The fourth-order valence-corrected chi connectivity index (χ4v) is 1.33. The summed E-state index contributed by atoms with van der Waals surface area (Å²) in [6, 6.07) is 5.54. The fourth-order valence-electron chi connectivity index (χ4n) is 1.09. The first-order valence-electron chi connectivity index (χ1n) is 4.27. The summed E-state index contributed by atoms with van der Waals surface area (Å²) in [5, 5.41) is 0. The lowest BCUT2D eigenvalue weighted by molar-refractivity contribution is -0.140. The van der Waals surface area contributed by atoms with E-state index in [4.69, 9.17) is 5.73 Å². The van der Waals surface area contributed by atoms with Crippen LogP contribution in [0.25, 0.3) is 0 Å². The van der Waals surface area contributed by atoms with Crippen molar-refractivity contribution in [3.8, 4) is 0 Å². The Morgan fingerprint density at radius 1 is 1.57 bits per heavy atom. The quantitative estimate of drug-likeness (QED) is 0.454. The highest BCUT2D eigenvalue weighted by Gasteiger charge is 2.02. The van der Waals surface area contributed by atoms with Gasteiger partial charge in [0.2, 0.25) is 0 Å². The van der Waals surface area contributed by atoms with E-state index in [1.54, 1.807) is 6.07 Å². The smallest absolute Gasteiger partial charge is 0.305 e. The van der Waals surface area contributed by atoms with Gasteiger partial charge in [0.15, 0.2) is 0 Å². The average molecular weight is 211 g/mol. The summed E-state index contributed by atoms with van der Waals surface area (Å²) in [4.78, 5) is 11.6. The fraction of sp³-hybridized carbons (Fsp3) is 0.300. The molecule has 3 nitrogen and oxygen atoms in total. The zero-order valence-electron chi connectivity index (χ0n) is 7.99. The summed E-state index contributed by atoms with van der Waals surface area (Å²) >= 11 is 4.19. The molecule has 0 bridgehead atoms. The van der Waals surface area contributed by atoms with Crippen molar-refractivity contribution in [2.24, 2.45) is 0 Å². The van der Waals surface area contributed by atoms with E-state index in [0.717, 1.165) is 10.5 Å². The van der Waals surface area contributed by atoms with Gasteiger partial charge in [-0.15, -0.1) is 12.6 Å². The highest BCUT2D eigenvalue weighted by Crippen LogP contribution is 2.18. The predicted molar refractivity (Wildman–Crippen MR) is 58.4 cm³/mol. The Bertz CT molecular complexity index is 339. The molecule has 1 rings (SSSR count). The summed E-state index contributed by atoms with van der Waals surface area (Å²) in [6.45, 7) is 0. The molecule has 2 N–H and O–H groups in total. The first-order chi connectivity index (χ1) is 6.63. The second-order valence-corrected chi connectivity index (χ2v) is 3.45. The Morgan fingerprint density at radius 2 is 2.29 bits per heavy atom. The van der Waals surface area contributed by atoms with Crippen LogP contribution in [0.4, 0.5) is 5.69 Å². The van der Waals surface area contributed by atoms with Crippen molar-refractivity contribution in [2.75, 3.05) is 12.8 Å². The van der Waals surface area contributed by atoms with Crippen molar-refractivity contribution in [3.05, 3.63) is 23.8 Å². The Balaban J connectivity index is 2.60. The molecule has 0 aromatic heterocycles. The van der Waals surface area contributed by atoms with E-state index < -0.39 is 0 Å². The average Bonchev–Trinajstić information content (AvgIpc) is 2.19. The van der Waals surface area contributed by atoms with Crippen LogP contribution in [0, 0.1) is 0 Å². The van der Waals surface area contributed by atoms with Crippen molar-refractivity contribution >= 4 is 24.3 Å². The summed E-state index contributed by atoms with van der Waals surface area (Å²) < 4.78 is 4.54. The SMILES string of the molecule is COC(=O)CCc1ccc(N)c(S)c1. The van der Waals surface area contributed by atoms with Crippen LogP contribution in [0.2, 0.25) is 0 Å². The lowest BCUT2D eigenvalue weighted by Gasteiger charge is -2.03. The molecule has 0 aliphatic carbocycles. The van der Waals surface area contributed by atoms with Gasteiger partial charge in [-0.05, 0) is 24.1 Å². The van der Waals surface area contributed by atoms with Crippen LogP contribution in [0.5, 0.6) is 0 Å². The van der Waals surface area contributed by atoms with Gasteiger partial charge in [0, 0.05) is 17.0 Å². The molecule has 0 aliphatic heterocycles. The summed E-state index contributed by atoms with van der Waals surface area (Å²) in [5.74, 6) is -0.206. The zero-order chi connectivity index (χ0) is 10.6. The molecule has 0 heterocycles. The topological polar surface area (TPSA) is 52.3 Å². The van der Waals surface area contributed by atoms with Crippen molar-refractivity contribution in [2.45, 2.75) is 17.7 Å². The molecular weight excluding hydrogens is 198 g/mol. The largest absolute Gasteiger partial charge is 0.469 e. The molecule has 0 saturated carbocycles. The lowest BCUT2D eigenvalue weighted by Crippen LogP contribution is -2.02. The minimum atomic E-state index is -0.206. The normalized spacial score (nSPS) is 9.86. The maximum Gasteiger partial charge on any atom is 0.305 e. The number of hydrogen-bond acceptors (Lipinski definition) is 4. The summed E-state index contributed by atoms with van der Waals surface area (Å²) in [6.07, 6.45) is 1.04. The van der Waals surface area contributed by atoms with Crippen LogP contribution < -0.4 is 5.73 Å². The second kappa shape index (κ2) is 4.91. The van der Waals surface area contributed by atoms with Crippen LogP contribution in [0.1, 0.15) is 12.0 Å². The second-order valence-electron chi connectivity index (χ2n) is 2.97. The van der Waals surface area contributed by atoms with Crippen LogP contribution in [0.15, 0.2) is 23.1 Å². The number of carbonyl (C=O) groups is 1. The molecule has 0 amide bonds. The van der Waals surface area contributed by atoms with Gasteiger partial charge >= 0.3 is 5.97 Å². The number of nitrogens with two attached hydrogens (primary N) is 1. The monoisotopic (exact) mass is 211 g/mol. The van der Waals surface area contributed by atoms with E-state index in [-0.39, 0.29) is 5.97 Å². The number of methoxy groups -OCH3 is 1. The molecule has 0 spiro atoms. The number of rotatable bonds is 3. The van der Waals surface area contributed by atoms with Gasteiger partial charge in [-0.2, -0.15) is 0 Å². The first-order valence-corrected chi connectivity index (χ1v) is 4.72. The molecule has 0 atom stereocenters. The van der Waals surface area contributed by atoms with Gasteiger partial charge in [-0.25, -0.2) is 0 Å². The van der Waals surface area contributed by atoms with Gasteiger partial charge in [-0.3, -0.25) is 4.79 Å². The van der Waals surface area contributed by atoms with Crippen LogP contribution in [-0.2, 0) is 16.0 Å². The van der Waals surface area contributed by atoms with Gasteiger partial charge < -0.3 is 10.5 Å². The number of benzene rings is 1. The van der Waals surface area contributed by atoms with E-state index in [1.165, 1.54) is 7.11 Å². The molecule has 76 valence electrons. The number of thiol groups is 1. The van der Waals surface area contributed by atoms with Crippen molar-refractivity contribution in [3.63, 3.8) is 0 Å². The van der Waals surface area contributed by atoms with Gasteiger partial charge in [0.25, 0.3) is 0 Å². The molecule has 0 aliphatic rings. The third kappa shape index (κ3) is 2.96. The lowest BCUT2D eigenvalue weighted by atomic mass is 10.1. The molecule has 1 aromatic carbocycles. The van der Waals surface area contributed by atoms with E-state index >= 15 is 0 Å². The highest BCUT2D eigenvalue weighted by molar-refractivity contribution is 7.80. The van der Waals surface area contributed by atoms with Gasteiger partial charge in [0.05, 0.1) is 7.11 Å². The number of anilines is 1. The van der Waals surface area contributed by atoms with Crippen LogP contribution in [-0.4, -0.2) is 13.1 Å². The summed E-state index contributed by atoms with van der Waals surface area (Å²) in [5.41, 5.74) is 7.29. The maximum atomic E-state index is 10.9. The standard InChI is InChI=1S/C10H13NO2S/c1-13-10(12)5-3-7-2-4-8(11)9(14)6-7/h2,4,6,14H,3,5,11H2,1H3. The van der Waals surface area contributed by atoms with Crippen LogP contribution >= 0.6 is 12.6 Å². The number of esters is 1. The molecule has 14 heavy (non-hydrogen) atoms. The van der Waals surface area contributed by atoms with Crippen LogP contribution in [0.3, 0.4) is 0 Å². The molecule has 0 saturated heterocycles. The zero-order valence-corrected chi connectivity index (χ0v) is 8.88. The minimum absolute atomic E-state index is 0.206. The number of nitrogen functional groups attached to an aromatic ring is 1. The Labute approximate surface area is 88.7 Å². The van der Waals surface area contributed by atoms with Crippen molar-refractivity contribution < 1.29 is 9.53 Å².